The van der Waals surface area contributed by atoms with Crippen molar-refractivity contribution in [3.63, 3.8) is 0 Å². The van der Waals surface area contributed by atoms with Gasteiger partial charge < -0.3 is 0 Å². The van der Waals surface area contributed by atoms with Crippen molar-refractivity contribution in [1.82, 2.24) is 0 Å². The van der Waals surface area contributed by atoms with Crippen molar-refractivity contribution in [3.05, 3.63) is 114 Å². The third-order valence-corrected chi connectivity index (χ3v) is 5.22. The zero-order valence-corrected chi connectivity index (χ0v) is 17.3. The van der Waals surface area contributed by atoms with E-state index in [1.807, 2.05) is 43.3 Å². The molecule has 0 fully saturated rings. The molecular weight excluding hydrogens is 352 g/mol. The molecule has 1 nitrogen and oxygen atoms in total. The number of allylic oxidation sites excluding steroid dienone is 3. The Hall–Kier alpha value is -3.45. The van der Waals surface area contributed by atoms with Gasteiger partial charge in [0.1, 0.15) is 0 Å². The second-order valence-corrected chi connectivity index (χ2v) is 7.31. The number of hydrogen-bond acceptors (Lipinski definition) is 1. The predicted molar refractivity (Wildman–Crippen MR) is 126 cm³/mol. The highest BCUT2D eigenvalue weighted by molar-refractivity contribution is 6.21. The minimum Gasteiger partial charge on any atom is -0.294 e. The molecule has 0 aromatic heterocycles. The highest BCUT2D eigenvalue weighted by Gasteiger charge is 2.11. The van der Waals surface area contributed by atoms with Gasteiger partial charge in [-0.15, -0.1) is 0 Å². The van der Waals surface area contributed by atoms with E-state index in [-0.39, 0.29) is 5.78 Å². The molecule has 0 saturated carbocycles. The van der Waals surface area contributed by atoms with Crippen molar-refractivity contribution in [2.75, 3.05) is 0 Å². The van der Waals surface area contributed by atoms with Gasteiger partial charge in [0.15, 0.2) is 5.78 Å². The normalized spacial score (nSPS) is 11.2. The van der Waals surface area contributed by atoms with Crippen LogP contribution in [0.3, 0.4) is 0 Å². The van der Waals surface area contributed by atoms with Crippen LogP contribution in [0.2, 0.25) is 0 Å². The van der Waals surface area contributed by atoms with E-state index in [9.17, 15) is 4.79 Å². The Morgan fingerprint density at radius 3 is 2.14 bits per heavy atom. The maximum Gasteiger partial charge on any atom is 0.160 e. The molecule has 29 heavy (non-hydrogen) atoms. The van der Waals surface area contributed by atoms with Gasteiger partial charge >= 0.3 is 0 Å². The molecule has 0 aliphatic rings. The van der Waals surface area contributed by atoms with E-state index >= 15 is 0 Å². The minimum absolute atomic E-state index is 0.0358. The summed E-state index contributed by atoms with van der Waals surface area (Å²) in [5.41, 5.74) is 9.19. The van der Waals surface area contributed by atoms with Gasteiger partial charge in [0, 0.05) is 5.57 Å². The van der Waals surface area contributed by atoms with Gasteiger partial charge in [0.05, 0.1) is 0 Å². The number of hydrogen-bond donors (Lipinski definition) is 0. The molecule has 0 bridgehead atoms. The summed E-state index contributed by atoms with van der Waals surface area (Å²) in [5.74, 6) is 0.0358. The molecule has 3 aromatic carbocycles. The maximum atomic E-state index is 12.3. The molecule has 144 valence electrons. The SMILES string of the molecule is C=Cc1cc(-c2ccc(C(=C)/C=C(/C(C)=O)c3ccccc3C)cc2)ccc1C. The quantitative estimate of drug-likeness (QED) is 0.325. The smallest absolute Gasteiger partial charge is 0.160 e. The average Bonchev–Trinajstić information content (AvgIpc) is 2.73. The van der Waals surface area contributed by atoms with Crippen molar-refractivity contribution in [1.29, 1.82) is 0 Å². The Morgan fingerprint density at radius 1 is 0.862 bits per heavy atom. The lowest BCUT2D eigenvalue weighted by atomic mass is 9.93. The Balaban J connectivity index is 1.92. The van der Waals surface area contributed by atoms with Crippen LogP contribution in [0.5, 0.6) is 0 Å². The third kappa shape index (κ3) is 4.52. The summed E-state index contributed by atoms with van der Waals surface area (Å²) in [7, 11) is 0. The van der Waals surface area contributed by atoms with Crippen LogP contribution in [0.15, 0.2) is 86.0 Å². The van der Waals surface area contributed by atoms with Crippen molar-refractivity contribution in [3.8, 4) is 11.1 Å². The fourth-order valence-electron chi connectivity index (χ4n) is 3.42. The van der Waals surface area contributed by atoms with E-state index in [1.54, 1.807) is 6.92 Å². The minimum atomic E-state index is 0.0358. The highest BCUT2D eigenvalue weighted by Crippen LogP contribution is 2.27. The molecule has 0 unspecified atom stereocenters. The topological polar surface area (TPSA) is 17.1 Å². The molecule has 1 heteroatoms. The monoisotopic (exact) mass is 378 g/mol. The lowest BCUT2D eigenvalue weighted by molar-refractivity contribution is -0.111. The van der Waals surface area contributed by atoms with Crippen molar-refractivity contribution < 1.29 is 4.79 Å². The van der Waals surface area contributed by atoms with Crippen LogP contribution < -0.4 is 0 Å². The summed E-state index contributed by atoms with van der Waals surface area (Å²) in [6, 6.07) is 22.6. The zero-order valence-electron chi connectivity index (χ0n) is 17.3. The molecule has 0 spiro atoms. The third-order valence-electron chi connectivity index (χ3n) is 5.22. The van der Waals surface area contributed by atoms with E-state index in [0.29, 0.717) is 5.57 Å². The number of benzene rings is 3. The van der Waals surface area contributed by atoms with E-state index < -0.39 is 0 Å². The molecule has 3 rings (SSSR count). The fraction of sp³-hybridized carbons (Fsp3) is 0.107. The number of ketones is 1. The summed E-state index contributed by atoms with van der Waals surface area (Å²) < 4.78 is 0. The zero-order chi connectivity index (χ0) is 21.0. The first kappa shape index (κ1) is 20.3. The van der Waals surface area contributed by atoms with Crippen LogP contribution in [0.1, 0.15) is 34.7 Å². The first-order valence-corrected chi connectivity index (χ1v) is 9.72. The van der Waals surface area contributed by atoms with Crippen molar-refractivity contribution in [2.24, 2.45) is 0 Å². The first-order chi connectivity index (χ1) is 13.9. The Bertz CT molecular complexity index is 1110. The van der Waals surface area contributed by atoms with E-state index in [4.69, 9.17) is 0 Å². The maximum absolute atomic E-state index is 12.3. The molecule has 0 amide bonds. The van der Waals surface area contributed by atoms with Gasteiger partial charge in [-0.1, -0.05) is 79.9 Å². The second kappa shape index (κ2) is 8.70. The molecule has 0 radical (unpaired) electrons. The molecule has 0 atom stereocenters. The molecule has 3 aromatic rings. The molecule has 0 aliphatic heterocycles. The highest BCUT2D eigenvalue weighted by atomic mass is 16.1. The van der Waals surface area contributed by atoms with Gasteiger partial charge in [-0.2, -0.15) is 0 Å². The molecule has 0 heterocycles. The van der Waals surface area contributed by atoms with E-state index in [0.717, 1.165) is 39.0 Å². The second-order valence-electron chi connectivity index (χ2n) is 7.31. The van der Waals surface area contributed by atoms with Crippen molar-refractivity contribution >= 4 is 23.0 Å². The van der Waals surface area contributed by atoms with Crippen LogP contribution >= 0.6 is 0 Å². The van der Waals surface area contributed by atoms with Crippen molar-refractivity contribution in [2.45, 2.75) is 20.8 Å². The number of rotatable bonds is 6. The van der Waals surface area contributed by atoms with Gasteiger partial charge in [0.25, 0.3) is 0 Å². The van der Waals surface area contributed by atoms with Crippen LogP contribution in [-0.2, 0) is 4.79 Å². The molecule has 0 aliphatic carbocycles. The Labute approximate surface area is 173 Å². The van der Waals surface area contributed by atoms with Crippen LogP contribution in [0.4, 0.5) is 0 Å². The number of carbonyl (C=O) groups excluding carboxylic acids is 1. The molecular formula is C28H26O. The first-order valence-electron chi connectivity index (χ1n) is 9.72. The molecule has 0 saturated heterocycles. The Kier molecular flexibility index (Phi) is 6.09. The Morgan fingerprint density at radius 2 is 1.52 bits per heavy atom. The number of Topliss-reactive ketones (excluding diaryl/α,β-unsaturated/α-hetero) is 1. The van der Waals surface area contributed by atoms with Crippen LogP contribution in [-0.4, -0.2) is 5.78 Å². The summed E-state index contributed by atoms with van der Waals surface area (Å²) >= 11 is 0. The van der Waals surface area contributed by atoms with E-state index in [1.165, 1.54) is 5.56 Å². The predicted octanol–water partition coefficient (Wildman–Crippen LogP) is 7.30. The lowest BCUT2D eigenvalue weighted by Crippen LogP contribution is -1.99. The summed E-state index contributed by atoms with van der Waals surface area (Å²) in [5, 5.41) is 0. The van der Waals surface area contributed by atoms with Crippen LogP contribution in [0, 0.1) is 13.8 Å². The van der Waals surface area contributed by atoms with E-state index in [2.05, 4.69) is 62.5 Å². The number of carbonyl (C=O) groups is 1. The lowest BCUT2D eigenvalue weighted by Gasteiger charge is -2.10. The summed E-state index contributed by atoms with van der Waals surface area (Å²) in [4.78, 5) is 12.3. The summed E-state index contributed by atoms with van der Waals surface area (Å²) in [6.07, 6.45) is 3.77. The average molecular weight is 379 g/mol. The van der Waals surface area contributed by atoms with Gasteiger partial charge in [-0.25, -0.2) is 0 Å². The van der Waals surface area contributed by atoms with Gasteiger partial charge in [-0.05, 0) is 77.4 Å². The van der Waals surface area contributed by atoms with Gasteiger partial charge in [-0.3, -0.25) is 4.79 Å². The summed E-state index contributed by atoms with van der Waals surface area (Å²) in [6.45, 7) is 13.8. The van der Waals surface area contributed by atoms with Gasteiger partial charge in [0.2, 0.25) is 0 Å². The van der Waals surface area contributed by atoms with Crippen LogP contribution in [0.25, 0.3) is 28.3 Å². The standard InChI is InChI=1S/C28H26O/c1-6-23-18-26(12-11-19(23)2)25-15-13-24(14-16-25)21(4)17-28(22(5)29)27-10-8-7-9-20(27)3/h6-18H,1,4H2,2-3,5H3/b28-17-. The fourth-order valence-corrected chi connectivity index (χ4v) is 3.42. The number of aryl methyl sites for hydroxylation is 2. The largest absolute Gasteiger partial charge is 0.294 e. The molecule has 0 N–H and O–H groups in total.